The average molecular weight is 740 g/mol. The quantitative estimate of drug-likeness (QED) is 0.138. The van der Waals surface area contributed by atoms with Gasteiger partial charge in [0.25, 0.3) is 5.82 Å². The number of para-hydroxylation sites is 3. The number of nitrogens with zero attached hydrogens (tertiary/aromatic N) is 3. The summed E-state index contributed by atoms with van der Waals surface area (Å²) in [5, 5.41) is 2.72. The van der Waals surface area contributed by atoms with Crippen LogP contribution in [0.1, 0.15) is 79.8 Å². The fourth-order valence-corrected chi connectivity index (χ4v) is 11.8. The molecule has 2 unspecified atom stereocenters. The number of benzene rings is 5. The van der Waals surface area contributed by atoms with Crippen molar-refractivity contribution in [3.05, 3.63) is 149 Å². The standard InChI is InChI=1S/C51H53N3S/c1-9-50(8)51(10-2,41-23-13-11-22-40(41)49-53(47-34(4)19-17-20-35(47)5)42-24-14-15-25-43(42)54(49)50)29-18-30-52-32-37(7)36(6)31-44(52)46-33(3)27-28-39-38-21-12-16-26-45(38)55-48(39)46/h11-17,19-28,31-32H,9-10,18,29-30H2,1-8H3/q+2. The van der Waals surface area contributed by atoms with Gasteiger partial charge in [-0.3, -0.25) is 0 Å². The molecule has 5 aromatic carbocycles. The largest absolute Gasteiger partial charge is 0.295 e. The number of thiophene rings is 1. The van der Waals surface area contributed by atoms with E-state index in [4.69, 9.17) is 0 Å². The van der Waals surface area contributed by atoms with Gasteiger partial charge in [0.2, 0.25) is 5.69 Å². The second-order valence-electron chi connectivity index (χ2n) is 16.4. The normalized spacial score (nSPS) is 18.0. The maximum atomic E-state index is 2.76. The highest BCUT2D eigenvalue weighted by molar-refractivity contribution is 7.26. The lowest BCUT2D eigenvalue weighted by Gasteiger charge is -2.50. The summed E-state index contributed by atoms with van der Waals surface area (Å²) >= 11 is 1.94. The third-order valence-electron chi connectivity index (χ3n) is 13.6. The SMILES string of the molecule is CCC1(CCC[n+]2cc(C)c(C)cc2-c2c(C)ccc3c2sc2ccccc23)c2ccccc2-c2n(-c3c(C)cccc3C)c3ccccc3[n+]2C1(C)CC. The number of aryl methyl sites for hydroxylation is 6. The van der Waals surface area contributed by atoms with Crippen LogP contribution in [0.3, 0.4) is 0 Å². The topological polar surface area (TPSA) is 12.7 Å². The Hall–Kier alpha value is -5.06. The van der Waals surface area contributed by atoms with Crippen LogP contribution in [0.2, 0.25) is 0 Å². The number of pyridine rings is 1. The summed E-state index contributed by atoms with van der Waals surface area (Å²) in [4.78, 5) is 0. The van der Waals surface area contributed by atoms with Crippen molar-refractivity contribution in [1.82, 2.24) is 4.57 Å². The van der Waals surface area contributed by atoms with Crippen LogP contribution in [-0.2, 0) is 17.5 Å². The second-order valence-corrected chi connectivity index (χ2v) is 17.4. The molecular formula is C51H53N3S+2. The van der Waals surface area contributed by atoms with Gasteiger partial charge >= 0.3 is 0 Å². The molecule has 8 aromatic rings. The minimum atomic E-state index is -0.164. The Morgan fingerprint density at radius 3 is 2.18 bits per heavy atom. The predicted molar refractivity (Wildman–Crippen MR) is 233 cm³/mol. The van der Waals surface area contributed by atoms with Gasteiger partial charge < -0.3 is 0 Å². The van der Waals surface area contributed by atoms with E-state index in [1.165, 1.54) is 92.9 Å². The molecule has 0 radical (unpaired) electrons. The van der Waals surface area contributed by atoms with Gasteiger partial charge in [-0.05, 0) is 113 Å². The summed E-state index contributed by atoms with van der Waals surface area (Å²) < 4.78 is 10.7. The Balaban J connectivity index is 1.19. The van der Waals surface area contributed by atoms with Crippen molar-refractivity contribution >= 4 is 42.5 Å². The smallest absolute Gasteiger partial charge is 0.216 e. The van der Waals surface area contributed by atoms with E-state index in [-0.39, 0.29) is 11.0 Å². The molecule has 1 aliphatic heterocycles. The summed E-state index contributed by atoms with van der Waals surface area (Å²) in [5.41, 5.74) is 15.8. The van der Waals surface area contributed by atoms with Gasteiger partial charge in [-0.15, -0.1) is 11.3 Å². The summed E-state index contributed by atoms with van der Waals surface area (Å²) in [6, 6.07) is 41.2. The average Bonchev–Trinajstić information content (AvgIpc) is 3.74. The maximum absolute atomic E-state index is 2.76. The molecule has 3 nitrogen and oxygen atoms in total. The van der Waals surface area contributed by atoms with Crippen molar-refractivity contribution in [1.29, 1.82) is 0 Å². The molecule has 0 bridgehead atoms. The van der Waals surface area contributed by atoms with Gasteiger partial charge in [-0.1, -0.05) is 92.7 Å². The van der Waals surface area contributed by atoms with Crippen molar-refractivity contribution in [2.45, 2.75) is 98.6 Å². The summed E-state index contributed by atoms with van der Waals surface area (Å²) in [6.45, 7) is 19.8. The Morgan fingerprint density at radius 1 is 0.673 bits per heavy atom. The number of rotatable bonds is 8. The number of aromatic nitrogens is 3. The van der Waals surface area contributed by atoms with Crippen molar-refractivity contribution < 1.29 is 9.13 Å². The van der Waals surface area contributed by atoms with Crippen molar-refractivity contribution in [3.63, 3.8) is 0 Å². The lowest BCUT2D eigenvalue weighted by Crippen LogP contribution is -2.68. The minimum Gasteiger partial charge on any atom is -0.216 e. The van der Waals surface area contributed by atoms with E-state index in [9.17, 15) is 0 Å². The van der Waals surface area contributed by atoms with E-state index in [2.05, 4.69) is 184 Å². The third kappa shape index (κ3) is 5.13. The predicted octanol–water partition coefficient (Wildman–Crippen LogP) is 12.7. The lowest BCUT2D eigenvalue weighted by atomic mass is 9.58. The van der Waals surface area contributed by atoms with Crippen LogP contribution in [-0.4, -0.2) is 4.57 Å². The van der Waals surface area contributed by atoms with Gasteiger partial charge in [0.05, 0.1) is 11.1 Å². The zero-order valence-corrected chi connectivity index (χ0v) is 34.6. The van der Waals surface area contributed by atoms with Gasteiger partial charge in [-0.2, -0.15) is 9.13 Å². The lowest BCUT2D eigenvalue weighted by molar-refractivity contribution is -0.744. The molecule has 0 aliphatic carbocycles. The van der Waals surface area contributed by atoms with Crippen LogP contribution in [0, 0.1) is 34.6 Å². The molecule has 0 spiro atoms. The molecule has 0 saturated heterocycles. The molecule has 1 aliphatic rings. The zero-order chi connectivity index (χ0) is 38.2. The first-order valence-electron chi connectivity index (χ1n) is 20.3. The molecular weight excluding hydrogens is 687 g/mol. The minimum absolute atomic E-state index is 0.0758. The Morgan fingerprint density at radius 2 is 1.40 bits per heavy atom. The van der Waals surface area contributed by atoms with Crippen LogP contribution in [0.5, 0.6) is 0 Å². The highest BCUT2D eigenvalue weighted by Crippen LogP contribution is 2.54. The number of hydrogen-bond donors (Lipinski definition) is 0. The van der Waals surface area contributed by atoms with Gasteiger partial charge in [0.1, 0.15) is 17.8 Å². The summed E-state index contributed by atoms with van der Waals surface area (Å²) in [5.74, 6) is 1.31. The van der Waals surface area contributed by atoms with Crippen molar-refractivity contribution in [3.8, 4) is 28.3 Å². The monoisotopic (exact) mass is 739 g/mol. The molecule has 0 fully saturated rings. The molecule has 276 valence electrons. The van der Waals surface area contributed by atoms with E-state index in [1.807, 2.05) is 11.3 Å². The Kier molecular flexibility index (Phi) is 8.62. The molecule has 0 N–H and O–H groups in total. The van der Waals surface area contributed by atoms with E-state index in [0.29, 0.717) is 0 Å². The van der Waals surface area contributed by atoms with E-state index in [1.54, 1.807) is 0 Å². The van der Waals surface area contributed by atoms with Crippen LogP contribution >= 0.6 is 11.3 Å². The number of fused-ring (bicyclic) bond motifs is 8. The second kappa shape index (κ2) is 13.3. The van der Waals surface area contributed by atoms with Crippen molar-refractivity contribution in [2.24, 2.45) is 0 Å². The first kappa shape index (κ1) is 35.6. The molecule has 4 heterocycles. The van der Waals surface area contributed by atoms with Crippen LogP contribution in [0.15, 0.2) is 115 Å². The molecule has 2 atom stereocenters. The van der Waals surface area contributed by atoms with Crippen LogP contribution in [0.25, 0.3) is 59.5 Å². The van der Waals surface area contributed by atoms with E-state index < -0.39 is 0 Å². The van der Waals surface area contributed by atoms with E-state index >= 15 is 0 Å². The third-order valence-corrected chi connectivity index (χ3v) is 14.8. The van der Waals surface area contributed by atoms with Gasteiger partial charge in [0, 0.05) is 43.6 Å². The van der Waals surface area contributed by atoms with Gasteiger partial charge in [-0.25, -0.2) is 4.57 Å². The fraction of sp³-hybridized carbons (Fsp3) is 0.294. The van der Waals surface area contributed by atoms with E-state index in [0.717, 1.165) is 32.2 Å². The maximum Gasteiger partial charge on any atom is 0.295 e. The first-order valence-corrected chi connectivity index (χ1v) is 21.1. The molecule has 4 heteroatoms. The fourth-order valence-electron chi connectivity index (χ4n) is 10.5. The molecule has 55 heavy (non-hydrogen) atoms. The van der Waals surface area contributed by atoms with Crippen LogP contribution < -0.4 is 9.13 Å². The zero-order valence-electron chi connectivity index (χ0n) is 33.8. The van der Waals surface area contributed by atoms with Gasteiger partial charge in [0.15, 0.2) is 17.2 Å². The first-order chi connectivity index (χ1) is 26.6. The number of imidazole rings is 1. The summed E-state index contributed by atoms with van der Waals surface area (Å²) in [7, 11) is 0. The number of hydrogen-bond acceptors (Lipinski definition) is 1. The van der Waals surface area contributed by atoms with Crippen LogP contribution in [0.4, 0.5) is 0 Å². The highest BCUT2D eigenvalue weighted by Gasteiger charge is 2.58. The molecule has 0 amide bonds. The highest BCUT2D eigenvalue weighted by atomic mass is 32.1. The molecule has 3 aromatic heterocycles. The molecule has 0 saturated carbocycles. The summed E-state index contributed by atoms with van der Waals surface area (Å²) in [6.07, 6.45) is 6.68. The molecule has 9 rings (SSSR count). The Bertz CT molecular complexity index is 2780. The Labute approximate surface area is 330 Å². The van der Waals surface area contributed by atoms with Crippen molar-refractivity contribution in [2.75, 3.05) is 0 Å².